The van der Waals surface area contributed by atoms with Crippen LogP contribution < -0.4 is 10.1 Å². The molecule has 2 rings (SSSR count). The fourth-order valence-electron chi connectivity index (χ4n) is 1.84. The van der Waals surface area contributed by atoms with Crippen molar-refractivity contribution in [1.29, 1.82) is 0 Å². The van der Waals surface area contributed by atoms with Gasteiger partial charge in [-0.1, -0.05) is 17.7 Å². The summed E-state index contributed by atoms with van der Waals surface area (Å²) < 4.78 is 10.8. The molecule has 2 aromatic rings. The predicted molar refractivity (Wildman–Crippen MR) is 77.8 cm³/mol. The Morgan fingerprint density at radius 2 is 2.00 bits per heavy atom. The first kappa shape index (κ1) is 14.6. The first-order chi connectivity index (χ1) is 9.65. The molecule has 2 N–H and O–H groups in total. The zero-order valence-electron chi connectivity index (χ0n) is 11.9. The summed E-state index contributed by atoms with van der Waals surface area (Å²) >= 11 is 0. The molecular formula is C16H21NO3. The van der Waals surface area contributed by atoms with E-state index in [1.54, 1.807) is 6.26 Å². The molecule has 0 spiro atoms. The molecule has 1 heterocycles. The molecule has 1 aromatic heterocycles. The number of furan rings is 1. The lowest BCUT2D eigenvalue weighted by atomic mass is 10.2. The number of aliphatic hydroxyl groups is 1. The minimum atomic E-state index is -0.561. The zero-order valence-corrected chi connectivity index (χ0v) is 11.9. The van der Waals surface area contributed by atoms with Gasteiger partial charge in [0.05, 0.1) is 12.3 Å². The molecule has 0 saturated heterocycles. The van der Waals surface area contributed by atoms with Gasteiger partial charge in [0.15, 0.2) is 0 Å². The first-order valence-corrected chi connectivity index (χ1v) is 6.79. The Balaban J connectivity index is 1.70. The second-order valence-electron chi connectivity index (χ2n) is 4.92. The largest absolute Gasteiger partial charge is 0.491 e. The molecule has 0 aliphatic heterocycles. The number of ether oxygens (including phenoxy) is 1. The van der Waals surface area contributed by atoms with Crippen molar-refractivity contribution in [3.8, 4) is 5.75 Å². The topological polar surface area (TPSA) is 54.6 Å². The van der Waals surface area contributed by atoms with Crippen LogP contribution in [0.1, 0.15) is 24.3 Å². The maximum Gasteiger partial charge on any atom is 0.120 e. The average Bonchev–Trinajstić information content (AvgIpc) is 2.98. The lowest BCUT2D eigenvalue weighted by Gasteiger charge is -2.16. The molecule has 1 unspecified atom stereocenters. The van der Waals surface area contributed by atoms with Crippen LogP contribution in [0, 0.1) is 6.92 Å². The average molecular weight is 275 g/mol. The van der Waals surface area contributed by atoms with Crippen molar-refractivity contribution in [3.05, 3.63) is 54.0 Å². The molecule has 4 heteroatoms. The van der Waals surface area contributed by atoms with Gasteiger partial charge in [-0.15, -0.1) is 0 Å². The SMILES string of the molecule is Cc1ccc(OCC(O)CN[C@H](C)c2ccco2)cc1. The monoisotopic (exact) mass is 275 g/mol. The second-order valence-corrected chi connectivity index (χ2v) is 4.92. The van der Waals surface area contributed by atoms with Gasteiger partial charge >= 0.3 is 0 Å². The number of nitrogens with one attached hydrogen (secondary N) is 1. The molecule has 2 atom stereocenters. The van der Waals surface area contributed by atoms with E-state index < -0.39 is 6.10 Å². The highest BCUT2D eigenvalue weighted by Gasteiger charge is 2.11. The van der Waals surface area contributed by atoms with Crippen molar-refractivity contribution >= 4 is 0 Å². The fraction of sp³-hybridized carbons (Fsp3) is 0.375. The Morgan fingerprint density at radius 1 is 1.25 bits per heavy atom. The maximum atomic E-state index is 9.89. The smallest absolute Gasteiger partial charge is 0.120 e. The van der Waals surface area contributed by atoms with E-state index in [1.807, 2.05) is 50.2 Å². The van der Waals surface area contributed by atoms with Crippen molar-refractivity contribution < 1.29 is 14.3 Å². The van der Waals surface area contributed by atoms with Crippen molar-refractivity contribution in [2.45, 2.75) is 26.0 Å². The number of hydrogen-bond donors (Lipinski definition) is 2. The highest BCUT2D eigenvalue weighted by Crippen LogP contribution is 2.13. The third kappa shape index (κ3) is 4.40. The van der Waals surface area contributed by atoms with Crippen LogP contribution in [0.5, 0.6) is 5.75 Å². The highest BCUT2D eigenvalue weighted by molar-refractivity contribution is 5.26. The quantitative estimate of drug-likeness (QED) is 0.815. The summed E-state index contributed by atoms with van der Waals surface area (Å²) in [6, 6.07) is 11.6. The number of hydrogen-bond acceptors (Lipinski definition) is 4. The maximum absolute atomic E-state index is 9.89. The highest BCUT2D eigenvalue weighted by atomic mass is 16.5. The van der Waals surface area contributed by atoms with E-state index in [-0.39, 0.29) is 12.6 Å². The van der Waals surface area contributed by atoms with E-state index in [0.29, 0.717) is 6.54 Å². The molecule has 0 fully saturated rings. The van der Waals surface area contributed by atoms with Gasteiger partial charge in [0.25, 0.3) is 0 Å². The summed E-state index contributed by atoms with van der Waals surface area (Å²) in [6.07, 6.45) is 1.08. The number of aryl methyl sites for hydroxylation is 1. The Labute approximate surface area is 119 Å². The summed E-state index contributed by atoms with van der Waals surface area (Å²) in [5.74, 6) is 1.63. The molecule has 0 radical (unpaired) electrons. The Kier molecular flexibility index (Phi) is 5.21. The molecule has 0 aliphatic carbocycles. The van der Waals surface area contributed by atoms with E-state index in [1.165, 1.54) is 5.56 Å². The normalized spacial score (nSPS) is 13.9. The summed E-state index contributed by atoms with van der Waals surface area (Å²) in [5.41, 5.74) is 1.19. The lowest BCUT2D eigenvalue weighted by molar-refractivity contribution is 0.103. The summed E-state index contributed by atoms with van der Waals surface area (Å²) in [6.45, 7) is 4.74. The van der Waals surface area contributed by atoms with Gasteiger partial charge in [-0.05, 0) is 38.1 Å². The van der Waals surface area contributed by atoms with Crippen molar-refractivity contribution in [1.82, 2.24) is 5.32 Å². The predicted octanol–water partition coefficient (Wildman–Crippen LogP) is 2.68. The van der Waals surface area contributed by atoms with E-state index in [4.69, 9.17) is 9.15 Å². The molecule has 108 valence electrons. The van der Waals surface area contributed by atoms with Crippen LogP contribution >= 0.6 is 0 Å². The first-order valence-electron chi connectivity index (χ1n) is 6.79. The molecule has 0 saturated carbocycles. The standard InChI is InChI=1S/C16H21NO3/c1-12-5-7-15(8-6-12)20-11-14(18)10-17-13(2)16-4-3-9-19-16/h3-9,13-14,17-18H,10-11H2,1-2H3/t13-,14?/m1/s1. The Morgan fingerprint density at radius 3 is 2.65 bits per heavy atom. The van der Waals surface area contributed by atoms with E-state index >= 15 is 0 Å². The van der Waals surface area contributed by atoms with Crippen LogP contribution in [-0.4, -0.2) is 24.4 Å². The third-order valence-electron chi connectivity index (χ3n) is 3.09. The van der Waals surface area contributed by atoms with Crippen LogP contribution in [0.2, 0.25) is 0 Å². The van der Waals surface area contributed by atoms with E-state index in [2.05, 4.69) is 5.32 Å². The molecule has 0 aliphatic rings. The van der Waals surface area contributed by atoms with Gasteiger partial charge in [-0.2, -0.15) is 0 Å². The number of benzene rings is 1. The number of rotatable bonds is 7. The van der Waals surface area contributed by atoms with Crippen LogP contribution in [0.15, 0.2) is 47.1 Å². The fourth-order valence-corrected chi connectivity index (χ4v) is 1.84. The minimum absolute atomic E-state index is 0.0685. The van der Waals surface area contributed by atoms with Gasteiger partial charge in [0.2, 0.25) is 0 Å². The lowest BCUT2D eigenvalue weighted by Crippen LogP contribution is -2.32. The molecule has 4 nitrogen and oxygen atoms in total. The molecule has 0 bridgehead atoms. The minimum Gasteiger partial charge on any atom is -0.491 e. The zero-order chi connectivity index (χ0) is 14.4. The van der Waals surface area contributed by atoms with Crippen molar-refractivity contribution in [2.75, 3.05) is 13.2 Å². The summed E-state index contributed by atoms with van der Waals surface area (Å²) in [4.78, 5) is 0. The number of aliphatic hydroxyl groups excluding tert-OH is 1. The van der Waals surface area contributed by atoms with Crippen molar-refractivity contribution in [3.63, 3.8) is 0 Å². The molecule has 20 heavy (non-hydrogen) atoms. The second kappa shape index (κ2) is 7.12. The molecule has 0 amide bonds. The summed E-state index contributed by atoms with van der Waals surface area (Å²) in [7, 11) is 0. The van der Waals surface area contributed by atoms with Crippen LogP contribution in [0.4, 0.5) is 0 Å². The van der Waals surface area contributed by atoms with Crippen LogP contribution in [-0.2, 0) is 0 Å². The molecule has 1 aromatic carbocycles. The van der Waals surface area contributed by atoms with Crippen LogP contribution in [0.3, 0.4) is 0 Å². The summed E-state index contributed by atoms with van der Waals surface area (Å²) in [5, 5.41) is 13.1. The Hall–Kier alpha value is -1.78. The van der Waals surface area contributed by atoms with E-state index in [9.17, 15) is 5.11 Å². The van der Waals surface area contributed by atoms with Gasteiger partial charge in [-0.25, -0.2) is 0 Å². The van der Waals surface area contributed by atoms with Crippen molar-refractivity contribution in [2.24, 2.45) is 0 Å². The van der Waals surface area contributed by atoms with Gasteiger partial charge in [0, 0.05) is 6.54 Å². The van der Waals surface area contributed by atoms with Gasteiger partial charge in [-0.3, -0.25) is 0 Å². The van der Waals surface area contributed by atoms with E-state index in [0.717, 1.165) is 11.5 Å². The third-order valence-corrected chi connectivity index (χ3v) is 3.09. The molecular weight excluding hydrogens is 254 g/mol. The van der Waals surface area contributed by atoms with Gasteiger partial charge < -0.3 is 19.6 Å². The van der Waals surface area contributed by atoms with Crippen LogP contribution in [0.25, 0.3) is 0 Å². The Bertz CT molecular complexity index is 493. The van der Waals surface area contributed by atoms with Gasteiger partial charge in [0.1, 0.15) is 24.2 Å².